The Morgan fingerprint density at radius 2 is 1.91 bits per heavy atom. The van der Waals surface area contributed by atoms with Crippen molar-refractivity contribution < 1.29 is 4.79 Å². The van der Waals surface area contributed by atoms with Gasteiger partial charge in [0.2, 0.25) is 5.95 Å². The Kier molecular flexibility index (Phi) is 5.89. The molecule has 0 atom stereocenters. The summed E-state index contributed by atoms with van der Waals surface area (Å²) in [6.45, 7) is 4.84. The number of aryl methyl sites for hydroxylation is 1. The van der Waals surface area contributed by atoms with E-state index in [1.807, 2.05) is 37.3 Å². The smallest absolute Gasteiger partial charge is 0.274 e. The topological polar surface area (TPSA) is 66.9 Å². The highest BCUT2D eigenvalue weighted by atomic mass is 16.1. The zero-order valence-corrected chi connectivity index (χ0v) is 13.1. The Balaban J connectivity index is 2.03. The van der Waals surface area contributed by atoms with Crippen molar-refractivity contribution in [3.05, 3.63) is 47.8 Å². The minimum absolute atomic E-state index is 0.228. The number of hydrogen-bond acceptors (Lipinski definition) is 4. The third-order valence-corrected chi connectivity index (χ3v) is 3.18. The zero-order valence-electron chi connectivity index (χ0n) is 13.1. The van der Waals surface area contributed by atoms with Crippen molar-refractivity contribution in [1.29, 1.82) is 0 Å². The van der Waals surface area contributed by atoms with Crippen LogP contribution in [-0.4, -0.2) is 22.4 Å². The average Bonchev–Trinajstić information content (AvgIpc) is 2.52. The molecule has 1 aromatic carbocycles. The van der Waals surface area contributed by atoms with Crippen molar-refractivity contribution in [3.63, 3.8) is 0 Å². The summed E-state index contributed by atoms with van der Waals surface area (Å²) in [5.74, 6) is 0.280. The maximum atomic E-state index is 12.3. The molecule has 0 saturated heterocycles. The van der Waals surface area contributed by atoms with E-state index >= 15 is 0 Å². The van der Waals surface area contributed by atoms with Gasteiger partial charge in [-0.25, -0.2) is 9.97 Å². The molecule has 5 heteroatoms. The van der Waals surface area contributed by atoms with Crippen molar-refractivity contribution in [2.45, 2.75) is 33.1 Å². The molecule has 1 aromatic heterocycles. The van der Waals surface area contributed by atoms with Gasteiger partial charge in [-0.05, 0) is 31.5 Å². The van der Waals surface area contributed by atoms with E-state index in [-0.39, 0.29) is 5.91 Å². The number of unbranched alkanes of at least 4 members (excludes halogenated alkanes) is 2. The molecule has 0 radical (unpaired) electrons. The highest BCUT2D eigenvalue weighted by Gasteiger charge is 2.10. The number of nitrogens with one attached hydrogen (secondary N) is 2. The first-order chi connectivity index (χ1) is 10.7. The maximum absolute atomic E-state index is 12.3. The molecule has 0 aliphatic carbocycles. The summed E-state index contributed by atoms with van der Waals surface area (Å²) in [5, 5.41) is 6.01. The molecule has 22 heavy (non-hydrogen) atoms. The van der Waals surface area contributed by atoms with E-state index in [4.69, 9.17) is 0 Å². The average molecular weight is 298 g/mol. The third kappa shape index (κ3) is 4.84. The number of carbonyl (C=O) groups excluding carboxylic acids is 1. The largest absolute Gasteiger partial charge is 0.354 e. The van der Waals surface area contributed by atoms with Crippen LogP contribution < -0.4 is 10.6 Å². The van der Waals surface area contributed by atoms with Gasteiger partial charge in [0.25, 0.3) is 5.91 Å². The lowest BCUT2D eigenvalue weighted by Gasteiger charge is -2.08. The first-order valence-electron chi connectivity index (χ1n) is 7.65. The van der Waals surface area contributed by atoms with E-state index in [9.17, 15) is 4.79 Å². The minimum Gasteiger partial charge on any atom is -0.354 e. The van der Waals surface area contributed by atoms with E-state index in [0.29, 0.717) is 11.6 Å². The van der Waals surface area contributed by atoms with Crippen LogP contribution in [0, 0.1) is 6.92 Å². The summed E-state index contributed by atoms with van der Waals surface area (Å²) in [5.41, 5.74) is 1.89. The first-order valence-corrected chi connectivity index (χ1v) is 7.65. The number of para-hydroxylation sites is 1. The molecule has 0 unspecified atom stereocenters. The molecule has 0 fully saturated rings. The van der Waals surface area contributed by atoms with E-state index in [0.717, 1.165) is 24.3 Å². The lowest BCUT2D eigenvalue weighted by molar-refractivity contribution is 0.102. The van der Waals surface area contributed by atoms with Gasteiger partial charge in [-0.3, -0.25) is 4.79 Å². The van der Waals surface area contributed by atoms with Crippen molar-refractivity contribution in [2.75, 3.05) is 17.2 Å². The van der Waals surface area contributed by atoms with Crippen LogP contribution in [0.25, 0.3) is 0 Å². The van der Waals surface area contributed by atoms with Crippen molar-refractivity contribution >= 4 is 17.5 Å². The molecule has 1 heterocycles. The van der Waals surface area contributed by atoms with E-state index < -0.39 is 0 Å². The molecule has 0 bridgehead atoms. The first kappa shape index (κ1) is 15.9. The maximum Gasteiger partial charge on any atom is 0.274 e. The van der Waals surface area contributed by atoms with Crippen LogP contribution in [-0.2, 0) is 0 Å². The van der Waals surface area contributed by atoms with Gasteiger partial charge in [0.05, 0.1) is 0 Å². The summed E-state index contributed by atoms with van der Waals surface area (Å²) >= 11 is 0. The fourth-order valence-electron chi connectivity index (χ4n) is 2.06. The van der Waals surface area contributed by atoms with Gasteiger partial charge in [-0.2, -0.15) is 0 Å². The fourth-order valence-corrected chi connectivity index (χ4v) is 2.06. The summed E-state index contributed by atoms with van der Waals surface area (Å²) in [6.07, 6.45) is 3.40. The van der Waals surface area contributed by atoms with Gasteiger partial charge in [-0.1, -0.05) is 38.0 Å². The Bertz CT molecular complexity index is 613. The lowest BCUT2D eigenvalue weighted by atomic mass is 10.2. The van der Waals surface area contributed by atoms with E-state index in [1.165, 1.54) is 12.8 Å². The standard InChI is InChI=1S/C17H22N4O/c1-3-4-8-11-18-17-19-13(2)12-15(21-17)16(22)20-14-9-6-5-7-10-14/h5-7,9-10,12H,3-4,8,11H2,1-2H3,(H,20,22)(H,18,19,21). The van der Waals surface area contributed by atoms with Crippen molar-refractivity contribution in [1.82, 2.24) is 9.97 Å². The lowest BCUT2D eigenvalue weighted by Crippen LogP contribution is -2.16. The second kappa shape index (κ2) is 8.12. The number of rotatable bonds is 7. The highest BCUT2D eigenvalue weighted by molar-refractivity contribution is 6.03. The number of carbonyl (C=O) groups is 1. The number of aromatic nitrogens is 2. The van der Waals surface area contributed by atoms with Crippen LogP contribution in [0.4, 0.5) is 11.6 Å². The molecule has 0 spiro atoms. The van der Waals surface area contributed by atoms with Crippen LogP contribution in [0.1, 0.15) is 42.4 Å². The number of nitrogens with zero attached hydrogens (tertiary/aromatic N) is 2. The summed E-state index contributed by atoms with van der Waals surface area (Å²) in [4.78, 5) is 20.9. The predicted octanol–water partition coefficient (Wildman–Crippen LogP) is 3.64. The Hall–Kier alpha value is -2.43. The Morgan fingerprint density at radius 3 is 2.64 bits per heavy atom. The second-order valence-corrected chi connectivity index (χ2v) is 5.17. The third-order valence-electron chi connectivity index (χ3n) is 3.18. The van der Waals surface area contributed by atoms with Crippen LogP contribution in [0.15, 0.2) is 36.4 Å². The normalized spacial score (nSPS) is 10.3. The zero-order chi connectivity index (χ0) is 15.8. The van der Waals surface area contributed by atoms with Gasteiger partial charge in [0.1, 0.15) is 5.69 Å². The Labute approximate surface area is 131 Å². The molecular weight excluding hydrogens is 276 g/mol. The summed E-state index contributed by atoms with van der Waals surface area (Å²) in [6, 6.07) is 11.0. The van der Waals surface area contributed by atoms with Gasteiger partial charge in [0, 0.05) is 17.9 Å². The van der Waals surface area contributed by atoms with Gasteiger partial charge in [0.15, 0.2) is 0 Å². The quantitative estimate of drug-likeness (QED) is 0.766. The molecule has 0 aliphatic rings. The van der Waals surface area contributed by atoms with Crippen LogP contribution >= 0.6 is 0 Å². The second-order valence-electron chi connectivity index (χ2n) is 5.17. The fraction of sp³-hybridized carbons (Fsp3) is 0.353. The molecule has 0 saturated carbocycles. The van der Waals surface area contributed by atoms with Gasteiger partial charge < -0.3 is 10.6 Å². The summed E-state index contributed by atoms with van der Waals surface area (Å²) in [7, 11) is 0. The highest BCUT2D eigenvalue weighted by Crippen LogP contribution is 2.10. The van der Waals surface area contributed by atoms with Crippen molar-refractivity contribution in [3.8, 4) is 0 Å². The van der Waals surface area contributed by atoms with E-state index in [2.05, 4.69) is 27.5 Å². The monoisotopic (exact) mass is 298 g/mol. The SMILES string of the molecule is CCCCCNc1nc(C)cc(C(=O)Nc2ccccc2)n1. The van der Waals surface area contributed by atoms with Crippen LogP contribution in [0.3, 0.4) is 0 Å². The molecule has 5 nitrogen and oxygen atoms in total. The minimum atomic E-state index is -0.228. The van der Waals surface area contributed by atoms with Crippen LogP contribution in [0.5, 0.6) is 0 Å². The number of hydrogen-bond donors (Lipinski definition) is 2. The molecule has 2 rings (SSSR count). The molecule has 116 valence electrons. The Morgan fingerprint density at radius 1 is 1.14 bits per heavy atom. The molecule has 2 N–H and O–H groups in total. The van der Waals surface area contributed by atoms with Crippen molar-refractivity contribution in [2.24, 2.45) is 0 Å². The van der Waals surface area contributed by atoms with Gasteiger partial charge >= 0.3 is 0 Å². The molecule has 1 amide bonds. The summed E-state index contributed by atoms with van der Waals surface area (Å²) < 4.78 is 0. The molecule has 2 aromatic rings. The number of benzene rings is 1. The number of anilines is 2. The van der Waals surface area contributed by atoms with Crippen LogP contribution in [0.2, 0.25) is 0 Å². The predicted molar refractivity (Wildman–Crippen MR) is 89.2 cm³/mol. The number of amides is 1. The van der Waals surface area contributed by atoms with E-state index in [1.54, 1.807) is 6.07 Å². The van der Waals surface area contributed by atoms with Gasteiger partial charge in [-0.15, -0.1) is 0 Å². The molecular formula is C17H22N4O. The molecule has 0 aliphatic heterocycles.